The standard InChI is InChI=1S/C8H17N.ClH/c1-6-3-4-7(2)8(9)5-6;/h6-8H,3-5,9H2,1-2H3;1H. The van der Waals surface area contributed by atoms with E-state index in [1.54, 1.807) is 0 Å². The highest BCUT2D eigenvalue weighted by Gasteiger charge is 2.21. The Morgan fingerprint density at radius 1 is 1.20 bits per heavy atom. The Kier molecular flexibility index (Phi) is 4.30. The summed E-state index contributed by atoms with van der Waals surface area (Å²) in [6, 6.07) is 0.480. The van der Waals surface area contributed by atoms with Gasteiger partial charge in [-0.1, -0.05) is 20.3 Å². The molecule has 0 amide bonds. The smallest absolute Gasteiger partial charge is 0.00670 e. The van der Waals surface area contributed by atoms with E-state index in [9.17, 15) is 0 Å². The summed E-state index contributed by atoms with van der Waals surface area (Å²) in [5.41, 5.74) is 5.87. The molecule has 3 atom stereocenters. The van der Waals surface area contributed by atoms with E-state index < -0.39 is 0 Å². The van der Waals surface area contributed by atoms with Crippen molar-refractivity contribution in [1.29, 1.82) is 0 Å². The zero-order valence-electron chi connectivity index (χ0n) is 6.84. The van der Waals surface area contributed by atoms with Gasteiger partial charge in [0.05, 0.1) is 0 Å². The molecular weight excluding hydrogens is 146 g/mol. The predicted molar refractivity (Wildman–Crippen MR) is 47.4 cm³/mol. The molecule has 0 aromatic heterocycles. The van der Waals surface area contributed by atoms with Gasteiger partial charge in [-0.2, -0.15) is 0 Å². The highest BCUT2D eigenvalue weighted by Crippen LogP contribution is 2.26. The van der Waals surface area contributed by atoms with Gasteiger partial charge in [-0.3, -0.25) is 0 Å². The fraction of sp³-hybridized carbons (Fsp3) is 1.00. The first-order valence-corrected chi connectivity index (χ1v) is 3.95. The van der Waals surface area contributed by atoms with Gasteiger partial charge in [0.1, 0.15) is 0 Å². The van der Waals surface area contributed by atoms with Crippen LogP contribution < -0.4 is 5.73 Å². The molecule has 10 heavy (non-hydrogen) atoms. The number of hydrogen-bond donors (Lipinski definition) is 1. The second kappa shape index (κ2) is 4.20. The average Bonchev–Trinajstić information content (AvgIpc) is 1.80. The van der Waals surface area contributed by atoms with Crippen LogP contribution in [-0.4, -0.2) is 6.04 Å². The Bertz CT molecular complexity index is 95.3. The van der Waals surface area contributed by atoms with E-state index in [-0.39, 0.29) is 12.4 Å². The summed E-state index contributed by atoms with van der Waals surface area (Å²) in [6.45, 7) is 4.56. The van der Waals surface area contributed by atoms with Crippen molar-refractivity contribution in [3.8, 4) is 0 Å². The Hall–Kier alpha value is 0.250. The molecule has 1 aliphatic rings. The SMILES string of the molecule is CC1CCC(C)C(N)C1.Cl. The van der Waals surface area contributed by atoms with E-state index in [1.165, 1.54) is 19.3 Å². The molecule has 3 unspecified atom stereocenters. The molecule has 0 heterocycles. The van der Waals surface area contributed by atoms with Gasteiger partial charge in [0.15, 0.2) is 0 Å². The number of hydrogen-bond acceptors (Lipinski definition) is 1. The Labute approximate surface area is 69.8 Å². The van der Waals surface area contributed by atoms with Crippen molar-refractivity contribution in [3.05, 3.63) is 0 Å². The lowest BCUT2D eigenvalue weighted by atomic mass is 9.81. The molecule has 1 saturated carbocycles. The first-order valence-electron chi connectivity index (χ1n) is 3.95. The molecule has 1 aliphatic carbocycles. The summed E-state index contributed by atoms with van der Waals surface area (Å²) in [7, 11) is 0. The zero-order chi connectivity index (χ0) is 6.85. The number of nitrogens with two attached hydrogens (primary N) is 1. The van der Waals surface area contributed by atoms with Gasteiger partial charge in [0, 0.05) is 6.04 Å². The maximum absolute atomic E-state index is 5.87. The van der Waals surface area contributed by atoms with E-state index in [1.807, 2.05) is 0 Å². The van der Waals surface area contributed by atoms with E-state index >= 15 is 0 Å². The molecule has 1 fully saturated rings. The molecule has 2 N–H and O–H groups in total. The Morgan fingerprint density at radius 3 is 2.20 bits per heavy atom. The average molecular weight is 164 g/mol. The molecule has 0 saturated heterocycles. The summed E-state index contributed by atoms with van der Waals surface area (Å²) in [5.74, 6) is 1.64. The highest BCUT2D eigenvalue weighted by molar-refractivity contribution is 5.85. The van der Waals surface area contributed by atoms with Crippen LogP contribution in [0.2, 0.25) is 0 Å². The van der Waals surface area contributed by atoms with Crippen LogP contribution in [0.3, 0.4) is 0 Å². The molecule has 1 rings (SSSR count). The van der Waals surface area contributed by atoms with Crippen molar-refractivity contribution < 1.29 is 0 Å². The second-order valence-electron chi connectivity index (χ2n) is 3.56. The summed E-state index contributed by atoms with van der Waals surface area (Å²) >= 11 is 0. The van der Waals surface area contributed by atoms with Gasteiger partial charge in [-0.25, -0.2) is 0 Å². The molecule has 0 radical (unpaired) electrons. The largest absolute Gasteiger partial charge is 0.327 e. The third-order valence-electron chi connectivity index (χ3n) is 2.52. The summed E-state index contributed by atoms with van der Waals surface area (Å²) in [4.78, 5) is 0. The topological polar surface area (TPSA) is 26.0 Å². The van der Waals surface area contributed by atoms with Crippen LogP contribution in [0.15, 0.2) is 0 Å². The Morgan fingerprint density at radius 2 is 1.80 bits per heavy atom. The molecule has 0 spiro atoms. The minimum Gasteiger partial charge on any atom is -0.327 e. The van der Waals surface area contributed by atoms with E-state index in [0.29, 0.717) is 6.04 Å². The normalized spacial score (nSPS) is 40.5. The third-order valence-corrected chi connectivity index (χ3v) is 2.52. The van der Waals surface area contributed by atoms with Gasteiger partial charge in [0.2, 0.25) is 0 Å². The van der Waals surface area contributed by atoms with E-state index in [4.69, 9.17) is 5.73 Å². The van der Waals surface area contributed by atoms with Gasteiger partial charge >= 0.3 is 0 Å². The van der Waals surface area contributed by atoms with E-state index in [0.717, 1.165) is 11.8 Å². The van der Waals surface area contributed by atoms with Crippen LogP contribution >= 0.6 is 12.4 Å². The van der Waals surface area contributed by atoms with Gasteiger partial charge in [-0.15, -0.1) is 12.4 Å². The summed E-state index contributed by atoms with van der Waals surface area (Å²) in [6.07, 6.45) is 3.96. The molecule has 0 aromatic rings. The van der Waals surface area contributed by atoms with Crippen molar-refractivity contribution in [2.45, 2.75) is 39.2 Å². The quantitative estimate of drug-likeness (QED) is 0.582. The van der Waals surface area contributed by atoms with Crippen molar-refractivity contribution in [2.24, 2.45) is 17.6 Å². The second-order valence-corrected chi connectivity index (χ2v) is 3.56. The third kappa shape index (κ3) is 2.47. The fourth-order valence-corrected chi connectivity index (χ4v) is 1.58. The van der Waals surface area contributed by atoms with Crippen LogP contribution in [0.4, 0.5) is 0 Å². The lowest BCUT2D eigenvalue weighted by Gasteiger charge is -2.29. The molecular formula is C8H18ClN. The fourth-order valence-electron chi connectivity index (χ4n) is 1.58. The molecule has 62 valence electrons. The van der Waals surface area contributed by atoms with Crippen molar-refractivity contribution in [1.82, 2.24) is 0 Å². The van der Waals surface area contributed by atoms with Gasteiger partial charge < -0.3 is 5.73 Å². The van der Waals surface area contributed by atoms with Crippen molar-refractivity contribution in [2.75, 3.05) is 0 Å². The van der Waals surface area contributed by atoms with Gasteiger partial charge in [-0.05, 0) is 24.7 Å². The lowest BCUT2D eigenvalue weighted by Crippen LogP contribution is -2.34. The summed E-state index contributed by atoms with van der Waals surface area (Å²) in [5, 5.41) is 0. The number of rotatable bonds is 0. The predicted octanol–water partition coefficient (Wildman–Crippen LogP) is 2.19. The van der Waals surface area contributed by atoms with Crippen LogP contribution in [0.5, 0.6) is 0 Å². The van der Waals surface area contributed by atoms with Crippen molar-refractivity contribution >= 4 is 12.4 Å². The minimum atomic E-state index is 0. The molecule has 0 aromatic carbocycles. The van der Waals surface area contributed by atoms with E-state index in [2.05, 4.69) is 13.8 Å². The molecule has 0 aliphatic heterocycles. The van der Waals surface area contributed by atoms with Crippen LogP contribution in [0, 0.1) is 11.8 Å². The maximum atomic E-state index is 5.87. The van der Waals surface area contributed by atoms with Crippen LogP contribution in [0.1, 0.15) is 33.1 Å². The first kappa shape index (κ1) is 10.2. The number of halogens is 1. The minimum absolute atomic E-state index is 0. The van der Waals surface area contributed by atoms with Crippen molar-refractivity contribution in [3.63, 3.8) is 0 Å². The van der Waals surface area contributed by atoms with Crippen LogP contribution in [-0.2, 0) is 0 Å². The van der Waals surface area contributed by atoms with Gasteiger partial charge in [0.25, 0.3) is 0 Å². The molecule has 0 bridgehead atoms. The lowest BCUT2D eigenvalue weighted by molar-refractivity contribution is 0.266. The molecule has 2 heteroatoms. The highest BCUT2D eigenvalue weighted by atomic mass is 35.5. The zero-order valence-corrected chi connectivity index (χ0v) is 7.66. The summed E-state index contributed by atoms with van der Waals surface area (Å²) < 4.78 is 0. The Balaban J connectivity index is 0.000000810. The van der Waals surface area contributed by atoms with Crippen LogP contribution in [0.25, 0.3) is 0 Å². The maximum Gasteiger partial charge on any atom is 0.00670 e. The first-order chi connectivity index (χ1) is 4.20. The molecule has 1 nitrogen and oxygen atoms in total. The monoisotopic (exact) mass is 163 g/mol.